The number of ether oxygens (including phenoxy) is 1. The van der Waals surface area contributed by atoms with E-state index in [1.165, 1.54) is 29.2 Å². The average molecular weight is 471 g/mol. The van der Waals surface area contributed by atoms with Gasteiger partial charge in [0.15, 0.2) is 0 Å². The highest BCUT2D eigenvalue weighted by molar-refractivity contribution is 6.31. The number of nitrogens with zero attached hydrogens (tertiary/aromatic N) is 1. The largest absolute Gasteiger partial charge is 0.456 e. The molecule has 1 aliphatic heterocycles. The van der Waals surface area contributed by atoms with Gasteiger partial charge in [-0.1, -0.05) is 54.1 Å². The van der Waals surface area contributed by atoms with Crippen molar-refractivity contribution in [1.29, 1.82) is 0 Å². The number of hydrogen-bond acceptors (Lipinski definition) is 2. The standard InChI is InChI=1S/C30H29ClNO2/c1-2-32(20-22-10-7-9-21-8-3-4-11-25(21)22)17-6-5-12-30(32)33-24-14-16-27-26-15-13-23(31)18-28(26)34-29(27)19-24/h3-4,7-11,13-16,18-19,30H,2,5-6,12,17,20H2,1H3/q+1. The molecule has 172 valence electrons. The SMILES string of the molecule is CC[N+]1(Cc2cccc3ccccc23)CCCCC1Oc1ccc2c(c1)oc1cc(Cl)ccc12. The summed E-state index contributed by atoms with van der Waals surface area (Å²) in [6.07, 6.45) is 3.62. The Bertz CT molecular complexity index is 1480. The second-order valence-electron chi connectivity index (χ2n) is 9.52. The smallest absolute Gasteiger partial charge is 0.233 e. The topological polar surface area (TPSA) is 22.4 Å². The molecule has 0 saturated carbocycles. The summed E-state index contributed by atoms with van der Waals surface area (Å²) in [5.74, 6) is 0.874. The van der Waals surface area contributed by atoms with Gasteiger partial charge in [0.1, 0.15) is 23.5 Å². The number of piperidine rings is 1. The maximum atomic E-state index is 6.76. The molecule has 0 radical (unpaired) electrons. The zero-order chi connectivity index (χ0) is 23.1. The molecule has 2 heterocycles. The van der Waals surface area contributed by atoms with Crippen LogP contribution < -0.4 is 4.74 Å². The molecule has 2 unspecified atom stereocenters. The lowest BCUT2D eigenvalue weighted by Crippen LogP contribution is -2.59. The molecule has 5 aromatic rings. The first kappa shape index (κ1) is 21.5. The fourth-order valence-electron chi connectivity index (χ4n) is 5.72. The molecule has 0 spiro atoms. The zero-order valence-corrected chi connectivity index (χ0v) is 20.2. The van der Waals surface area contributed by atoms with Crippen LogP contribution in [-0.4, -0.2) is 23.8 Å². The molecule has 3 nitrogen and oxygen atoms in total. The van der Waals surface area contributed by atoms with Crippen LogP contribution >= 0.6 is 11.6 Å². The van der Waals surface area contributed by atoms with Gasteiger partial charge < -0.3 is 9.15 Å². The minimum atomic E-state index is 0.119. The zero-order valence-electron chi connectivity index (χ0n) is 19.5. The van der Waals surface area contributed by atoms with Gasteiger partial charge in [-0.05, 0) is 54.8 Å². The Hall–Kier alpha value is -3.01. The first-order valence-electron chi connectivity index (χ1n) is 12.3. The van der Waals surface area contributed by atoms with Gasteiger partial charge in [-0.25, -0.2) is 0 Å². The van der Waals surface area contributed by atoms with Gasteiger partial charge in [0.25, 0.3) is 0 Å². The molecular formula is C30H29ClNO2+. The van der Waals surface area contributed by atoms with Gasteiger partial charge in [0, 0.05) is 39.9 Å². The third-order valence-electron chi connectivity index (χ3n) is 7.59. The molecule has 1 fully saturated rings. The fourth-order valence-corrected chi connectivity index (χ4v) is 5.88. The number of halogens is 1. The summed E-state index contributed by atoms with van der Waals surface area (Å²) in [5.41, 5.74) is 3.06. The van der Waals surface area contributed by atoms with E-state index in [4.69, 9.17) is 20.8 Å². The van der Waals surface area contributed by atoms with Crippen LogP contribution in [0.3, 0.4) is 0 Å². The van der Waals surface area contributed by atoms with Crippen molar-refractivity contribution >= 4 is 44.3 Å². The second-order valence-corrected chi connectivity index (χ2v) is 9.96. The van der Waals surface area contributed by atoms with E-state index in [1.54, 1.807) is 0 Å². The van der Waals surface area contributed by atoms with Crippen LogP contribution in [0.1, 0.15) is 31.7 Å². The Labute approximate surface area is 205 Å². The summed E-state index contributed by atoms with van der Waals surface area (Å²) in [6, 6.07) is 27.4. The Morgan fingerprint density at radius 3 is 2.56 bits per heavy atom. The lowest BCUT2D eigenvalue weighted by atomic mass is 9.99. The van der Waals surface area contributed by atoms with Crippen molar-refractivity contribution < 1.29 is 13.6 Å². The van der Waals surface area contributed by atoms with Gasteiger partial charge in [-0.2, -0.15) is 0 Å². The average Bonchev–Trinajstić information content (AvgIpc) is 3.22. The summed E-state index contributed by atoms with van der Waals surface area (Å²) in [5, 5.41) is 5.51. The van der Waals surface area contributed by atoms with Crippen molar-refractivity contribution in [2.75, 3.05) is 13.1 Å². The van der Waals surface area contributed by atoms with E-state index in [1.807, 2.05) is 24.3 Å². The first-order chi connectivity index (χ1) is 16.6. The highest BCUT2D eigenvalue weighted by Crippen LogP contribution is 2.36. The van der Waals surface area contributed by atoms with Gasteiger partial charge in [-0.15, -0.1) is 0 Å². The quantitative estimate of drug-likeness (QED) is 0.241. The van der Waals surface area contributed by atoms with Crippen LogP contribution in [-0.2, 0) is 6.54 Å². The number of rotatable bonds is 5. The number of quaternary nitrogens is 1. The van der Waals surface area contributed by atoms with Crippen LogP contribution in [0.4, 0.5) is 0 Å². The van der Waals surface area contributed by atoms with E-state index >= 15 is 0 Å². The maximum Gasteiger partial charge on any atom is 0.233 e. The molecule has 6 rings (SSSR count). The monoisotopic (exact) mass is 470 g/mol. The van der Waals surface area contributed by atoms with Crippen molar-refractivity contribution in [3.63, 3.8) is 0 Å². The first-order valence-corrected chi connectivity index (χ1v) is 12.6. The lowest BCUT2D eigenvalue weighted by Gasteiger charge is -2.46. The minimum absolute atomic E-state index is 0.119. The van der Waals surface area contributed by atoms with Gasteiger partial charge in [0.05, 0.1) is 13.1 Å². The summed E-state index contributed by atoms with van der Waals surface area (Å²) >= 11 is 6.17. The van der Waals surface area contributed by atoms with Crippen LogP contribution in [0.15, 0.2) is 83.3 Å². The van der Waals surface area contributed by atoms with Crippen molar-refractivity contribution in [2.45, 2.75) is 39.0 Å². The molecule has 0 N–H and O–H groups in total. The van der Waals surface area contributed by atoms with Crippen molar-refractivity contribution in [1.82, 2.24) is 0 Å². The molecule has 34 heavy (non-hydrogen) atoms. The van der Waals surface area contributed by atoms with Crippen LogP contribution in [0.2, 0.25) is 5.02 Å². The highest BCUT2D eigenvalue weighted by atomic mass is 35.5. The molecular weight excluding hydrogens is 442 g/mol. The van der Waals surface area contributed by atoms with Gasteiger partial charge in [-0.3, -0.25) is 4.48 Å². The minimum Gasteiger partial charge on any atom is -0.456 e. The second kappa shape index (κ2) is 8.65. The highest BCUT2D eigenvalue weighted by Gasteiger charge is 2.40. The molecule has 4 aromatic carbocycles. The van der Waals surface area contributed by atoms with E-state index < -0.39 is 0 Å². The van der Waals surface area contributed by atoms with E-state index in [0.717, 1.165) is 58.2 Å². The molecule has 0 aliphatic carbocycles. The third kappa shape index (κ3) is 3.73. The molecule has 4 heteroatoms. The number of furan rings is 1. The van der Waals surface area contributed by atoms with E-state index in [-0.39, 0.29) is 6.23 Å². The summed E-state index contributed by atoms with van der Waals surface area (Å²) < 4.78 is 13.8. The number of likely N-dealkylation sites (tertiary alicyclic amines) is 1. The lowest BCUT2D eigenvalue weighted by molar-refractivity contribution is -0.982. The molecule has 0 bridgehead atoms. The number of hydrogen-bond donors (Lipinski definition) is 0. The number of fused-ring (bicyclic) bond motifs is 4. The van der Waals surface area contributed by atoms with Crippen LogP contribution in [0.5, 0.6) is 5.75 Å². The summed E-state index contributed by atoms with van der Waals surface area (Å²) in [6.45, 7) is 5.46. The summed E-state index contributed by atoms with van der Waals surface area (Å²) in [4.78, 5) is 0. The molecule has 1 aliphatic rings. The Kier molecular flexibility index (Phi) is 5.47. The molecule has 1 saturated heterocycles. The van der Waals surface area contributed by atoms with Crippen molar-refractivity contribution in [3.8, 4) is 5.75 Å². The summed E-state index contributed by atoms with van der Waals surface area (Å²) in [7, 11) is 0. The predicted octanol–water partition coefficient (Wildman–Crippen LogP) is 8.32. The fraction of sp³-hybridized carbons (Fsp3) is 0.267. The van der Waals surface area contributed by atoms with Crippen LogP contribution in [0.25, 0.3) is 32.7 Å². The van der Waals surface area contributed by atoms with Crippen molar-refractivity contribution in [2.24, 2.45) is 0 Å². The number of benzene rings is 4. The van der Waals surface area contributed by atoms with Crippen molar-refractivity contribution in [3.05, 3.63) is 89.4 Å². The van der Waals surface area contributed by atoms with E-state index in [9.17, 15) is 0 Å². The van der Waals surface area contributed by atoms with E-state index in [0.29, 0.717) is 5.02 Å². The Balaban J connectivity index is 1.34. The van der Waals surface area contributed by atoms with Gasteiger partial charge >= 0.3 is 0 Å². The molecule has 0 amide bonds. The maximum absolute atomic E-state index is 6.76. The molecule has 1 aromatic heterocycles. The Morgan fingerprint density at radius 2 is 1.68 bits per heavy atom. The predicted molar refractivity (Wildman–Crippen MR) is 140 cm³/mol. The van der Waals surface area contributed by atoms with Crippen LogP contribution in [0, 0.1) is 0 Å². The Morgan fingerprint density at radius 1 is 0.882 bits per heavy atom. The third-order valence-corrected chi connectivity index (χ3v) is 7.82. The normalized spacial score (nSPS) is 20.8. The van der Waals surface area contributed by atoms with Gasteiger partial charge in [0.2, 0.25) is 6.23 Å². The van der Waals surface area contributed by atoms with E-state index in [2.05, 4.69) is 61.5 Å². The molecule has 2 atom stereocenters.